The summed E-state index contributed by atoms with van der Waals surface area (Å²) in [5, 5.41) is 9.53. The standard InChI is InChI=1S/C15H12N6S2/c16-15-20-13(7-23-15)14-19-12(6-22-14)11-3-1-10(2-4-11)5-21-9-17-8-18-21/h1-4,6-9H,5H2,(H2,16,20). The lowest BCUT2D eigenvalue weighted by Crippen LogP contribution is -1.99. The molecule has 0 aliphatic heterocycles. The van der Waals surface area contributed by atoms with Crippen molar-refractivity contribution < 1.29 is 0 Å². The zero-order chi connectivity index (χ0) is 15.6. The minimum absolute atomic E-state index is 0.564. The zero-order valence-electron chi connectivity index (χ0n) is 12.0. The van der Waals surface area contributed by atoms with Crippen LogP contribution in [0, 0.1) is 0 Å². The van der Waals surface area contributed by atoms with E-state index in [1.165, 1.54) is 23.2 Å². The first-order chi connectivity index (χ1) is 11.3. The molecule has 0 radical (unpaired) electrons. The predicted octanol–water partition coefficient (Wildman–Crippen LogP) is 3.16. The van der Waals surface area contributed by atoms with E-state index in [9.17, 15) is 0 Å². The molecule has 3 aromatic heterocycles. The van der Waals surface area contributed by atoms with E-state index < -0.39 is 0 Å². The lowest BCUT2D eigenvalue weighted by Gasteiger charge is -2.02. The molecule has 3 heterocycles. The number of anilines is 1. The van der Waals surface area contributed by atoms with Gasteiger partial charge in [0.05, 0.1) is 12.2 Å². The van der Waals surface area contributed by atoms with Crippen molar-refractivity contribution >= 4 is 27.8 Å². The Morgan fingerprint density at radius 3 is 2.52 bits per heavy atom. The molecule has 0 spiro atoms. The summed E-state index contributed by atoms with van der Waals surface area (Å²) in [5.74, 6) is 0. The fourth-order valence-electron chi connectivity index (χ4n) is 2.19. The Balaban J connectivity index is 1.55. The number of hydrogen-bond acceptors (Lipinski definition) is 7. The summed E-state index contributed by atoms with van der Waals surface area (Å²) in [5.41, 5.74) is 9.72. The van der Waals surface area contributed by atoms with Gasteiger partial charge in [-0.15, -0.1) is 22.7 Å². The number of aromatic nitrogens is 5. The molecule has 1 aromatic carbocycles. The first-order valence-electron chi connectivity index (χ1n) is 6.86. The quantitative estimate of drug-likeness (QED) is 0.617. The maximum Gasteiger partial charge on any atom is 0.180 e. The number of thiazole rings is 2. The number of benzene rings is 1. The van der Waals surface area contributed by atoms with Crippen LogP contribution in [0.2, 0.25) is 0 Å². The Hall–Kier alpha value is -2.58. The third-order valence-electron chi connectivity index (χ3n) is 3.31. The van der Waals surface area contributed by atoms with Crippen molar-refractivity contribution in [1.29, 1.82) is 0 Å². The van der Waals surface area contributed by atoms with Crippen molar-refractivity contribution in [2.24, 2.45) is 0 Å². The highest BCUT2D eigenvalue weighted by molar-refractivity contribution is 7.15. The van der Waals surface area contributed by atoms with Gasteiger partial charge in [0.1, 0.15) is 23.4 Å². The lowest BCUT2D eigenvalue weighted by atomic mass is 10.1. The molecule has 0 saturated heterocycles. The van der Waals surface area contributed by atoms with Crippen molar-refractivity contribution in [2.45, 2.75) is 6.54 Å². The van der Waals surface area contributed by atoms with E-state index in [0.29, 0.717) is 11.7 Å². The van der Waals surface area contributed by atoms with Crippen LogP contribution >= 0.6 is 22.7 Å². The molecule has 4 rings (SSSR count). The van der Waals surface area contributed by atoms with Crippen LogP contribution in [-0.4, -0.2) is 24.7 Å². The van der Waals surface area contributed by atoms with Crippen molar-refractivity contribution in [3.8, 4) is 22.0 Å². The molecule has 2 N–H and O–H groups in total. The Bertz CT molecular complexity index is 908. The van der Waals surface area contributed by atoms with Gasteiger partial charge < -0.3 is 5.73 Å². The number of nitrogen functional groups attached to an aromatic ring is 1. The second kappa shape index (κ2) is 5.90. The molecule has 6 nitrogen and oxygen atoms in total. The fourth-order valence-corrected chi connectivity index (χ4v) is 3.60. The van der Waals surface area contributed by atoms with Crippen LogP contribution in [-0.2, 0) is 6.54 Å². The van der Waals surface area contributed by atoms with E-state index in [2.05, 4.69) is 44.3 Å². The fraction of sp³-hybridized carbons (Fsp3) is 0.0667. The molecule has 8 heteroatoms. The highest BCUT2D eigenvalue weighted by Gasteiger charge is 2.09. The third-order valence-corrected chi connectivity index (χ3v) is 4.84. The summed E-state index contributed by atoms with van der Waals surface area (Å²) in [6.45, 7) is 0.709. The highest BCUT2D eigenvalue weighted by Crippen LogP contribution is 2.30. The van der Waals surface area contributed by atoms with Gasteiger partial charge in [-0.2, -0.15) is 5.10 Å². The monoisotopic (exact) mass is 340 g/mol. The zero-order valence-corrected chi connectivity index (χ0v) is 13.6. The largest absolute Gasteiger partial charge is 0.375 e. The van der Waals surface area contributed by atoms with Gasteiger partial charge in [0, 0.05) is 16.3 Å². The van der Waals surface area contributed by atoms with Crippen LogP contribution in [0.25, 0.3) is 22.0 Å². The van der Waals surface area contributed by atoms with Crippen LogP contribution in [0.1, 0.15) is 5.56 Å². The molecule has 114 valence electrons. The van der Waals surface area contributed by atoms with Crippen LogP contribution < -0.4 is 5.73 Å². The molecule has 0 bridgehead atoms. The summed E-state index contributed by atoms with van der Waals surface area (Å²) in [7, 11) is 0. The molecule has 0 atom stereocenters. The maximum absolute atomic E-state index is 5.68. The molecular formula is C15H12N6S2. The SMILES string of the molecule is Nc1nc(-c2nc(-c3ccc(Cn4cncn4)cc3)cs2)cs1. The van der Waals surface area contributed by atoms with Gasteiger partial charge >= 0.3 is 0 Å². The van der Waals surface area contributed by atoms with E-state index >= 15 is 0 Å². The van der Waals surface area contributed by atoms with Gasteiger partial charge in [-0.25, -0.2) is 19.6 Å². The van der Waals surface area contributed by atoms with E-state index in [1.54, 1.807) is 22.3 Å². The van der Waals surface area contributed by atoms with Crippen molar-refractivity contribution in [2.75, 3.05) is 5.73 Å². The molecule has 0 amide bonds. The predicted molar refractivity (Wildman–Crippen MR) is 92.2 cm³/mol. The molecule has 0 aliphatic carbocycles. The molecule has 4 aromatic rings. The average Bonchev–Trinajstić information content (AvgIpc) is 3.29. The summed E-state index contributed by atoms with van der Waals surface area (Å²) < 4.78 is 1.79. The minimum atomic E-state index is 0.564. The molecule has 0 saturated carbocycles. The number of nitrogens with two attached hydrogens (primary N) is 1. The second-order valence-electron chi connectivity index (χ2n) is 4.90. The molecule has 0 fully saturated rings. The van der Waals surface area contributed by atoms with Crippen molar-refractivity contribution in [1.82, 2.24) is 24.7 Å². The van der Waals surface area contributed by atoms with Crippen LogP contribution in [0.3, 0.4) is 0 Å². The summed E-state index contributed by atoms with van der Waals surface area (Å²) in [6.07, 6.45) is 3.25. The van der Waals surface area contributed by atoms with E-state index in [1.807, 2.05) is 10.8 Å². The minimum Gasteiger partial charge on any atom is -0.375 e. The summed E-state index contributed by atoms with van der Waals surface area (Å²) >= 11 is 3.00. The van der Waals surface area contributed by atoms with Crippen LogP contribution in [0.15, 0.2) is 47.7 Å². The Morgan fingerprint density at radius 2 is 1.83 bits per heavy atom. The van der Waals surface area contributed by atoms with E-state index in [-0.39, 0.29) is 0 Å². The lowest BCUT2D eigenvalue weighted by molar-refractivity contribution is 0.685. The maximum atomic E-state index is 5.68. The second-order valence-corrected chi connectivity index (χ2v) is 6.65. The number of hydrogen-bond donors (Lipinski definition) is 1. The number of nitrogens with zero attached hydrogens (tertiary/aromatic N) is 5. The smallest absolute Gasteiger partial charge is 0.180 e. The average molecular weight is 340 g/mol. The Labute approximate surface area is 140 Å². The molecule has 0 unspecified atom stereocenters. The van der Waals surface area contributed by atoms with Gasteiger partial charge in [0.25, 0.3) is 0 Å². The van der Waals surface area contributed by atoms with E-state index in [4.69, 9.17) is 5.73 Å². The summed E-state index contributed by atoms with van der Waals surface area (Å²) in [4.78, 5) is 12.9. The van der Waals surface area contributed by atoms with Gasteiger partial charge in [0.2, 0.25) is 0 Å². The van der Waals surface area contributed by atoms with Crippen molar-refractivity contribution in [3.63, 3.8) is 0 Å². The third kappa shape index (κ3) is 2.99. The Morgan fingerprint density at radius 1 is 1.00 bits per heavy atom. The van der Waals surface area contributed by atoms with Gasteiger partial charge in [0.15, 0.2) is 5.13 Å². The summed E-state index contributed by atoms with van der Waals surface area (Å²) in [6, 6.07) is 8.30. The van der Waals surface area contributed by atoms with Crippen LogP contribution in [0.4, 0.5) is 5.13 Å². The number of rotatable bonds is 4. The van der Waals surface area contributed by atoms with Gasteiger partial charge in [-0.1, -0.05) is 24.3 Å². The topological polar surface area (TPSA) is 82.5 Å². The molecule has 23 heavy (non-hydrogen) atoms. The molecule has 0 aliphatic rings. The van der Waals surface area contributed by atoms with Crippen LogP contribution in [0.5, 0.6) is 0 Å². The van der Waals surface area contributed by atoms with E-state index in [0.717, 1.165) is 22.0 Å². The Kier molecular flexibility index (Phi) is 3.60. The molecular weight excluding hydrogens is 328 g/mol. The highest BCUT2D eigenvalue weighted by atomic mass is 32.1. The van der Waals surface area contributed by atoms with Gasteiger partial charge in [-0.3, -0.25) is 0 Å². The first-order valence-corrected chi connectivity index (χ1v) is 8.62. The van der Waals surface area contributed by atoms with Gasteiger partial charge in [-0.05, 0) is 5.56 Å². The van der Waals surface area contributed by atoms with Crippen molar-refractivity contribution in [3.05, 3.63) is 53.2 Å². The normalized spacial score (nSPS) is 11.0. The first kappa shape index (κ1) is 14.0.